The maximum atomic E-state index is 14.1. The summed E-state index contributed by atoms with van der Waals surface area (Å²) in [7, 11) is 1.31. The Morgan fingerprint density at radius 1 is 0.839 bits per heavy atom. The number of unbranched alkanes of at least 4 members (excludes halogenated alkanes) is 4. The molecule has 1 aliphatic rings. The van der Waals surface area contributed by atoms with Gasteiger partial charge in [-0.25, -0.2) is 4.39 Å². The van der Waals surface area contributed by atoms with Crippen LogP contribution in [0.2, 0.25) is 0 Å². The smallest absolute Gasteiger partial charge is 0.201 e. The molecule has 31 heavy (non-hydrogen) atoms. The highest BCUT2D eigenvalue weighted by Gasteiger charge is 2.22. The van der Waals surface area contributed by atoms with Crippen molar-refractivity contribution >= 4 is 0 Å². The van der Waals surface area contributed by atoms with E-state index in [1.807, 2.05) is 12.1 Å². The molecule has 1 aliphatic carbocycles. The van der Waals surface area contributed by atoms with Gasteiger partial charge in [0.15, 0.2) is 11.6 Å². The van der Waals surface area contributed by atoms with Gasteiger partial charge in [-0.2, -0.15) is 4.39 Å². The van der Waals surface area contributed by atoms with Crippen LogP contribution in [-0.2, 0) is 0 Å². The third kappa shape index (κ3) is 6.57. The Bertz CT molecular complexity index is 884. The molecule has 2 aromatic rings. The molecule has 166 valence electrons. The highest BCUT2D eigenvalue weighted by Crippen LogP contribution is 2.37. The summed E-state index contributed by atoms with van der Waals surface area (Å²) >= 11 is 0. The van der Waals surface area contributed by atoms with Gasteiger partial charge in [-0.1, -0.05) is 69.4 Å². The molecule has 0 saturated heterocycles. The lowest BCUT2D eigenvalue weighted by atomic mass is 9.77. The summed E-state index contributed by atoms with van der Waals surface area (Å²) < 4.78 is 32.7. The molecule has 0 atom stereocenters. The lowest BCUT2D eigenvalue weighted by Gasteiger charge is -2.29. The Balaban J connectivity index is 1.52. The van der Waals surface area contributed by atoms with Gasteiger partial charge in [0.25, 0.3) is 0 Å². The fourth-order valence-electron chi connectivity index (χ4n) is 4.59. The second-order valence-corrected chi connectivity index (χ2v) is 8.74. The number of methoxy groups -OCH3 is 1. The molecule has 0 N–H and O–H groups in total. The standard InChI is InChI=1S/C28H34F2O/c1-3-4-5-6-7-8-21-9-14-23(15-10-21)24-16-11-22(12-17-24)13-18-25-19-20-26(31-2)28(30)27(25)29/h11-12,16-17,19-21,23H,3-10,14-15H2,1-2H3. The van der Waals surface area contributed by atoms with E-state index in [0.717, 1.165) is 11.5 Å². The van der Waals surface area contributed by atoms with Crippen LogP contribution in [0.15, 0.2) is 36.4 Å². The second kappa shape index (κ2) is 11.9. The molecule has 0 aromatic heterocycles. The van der Waals surface area contributed by atoms with E-state index in [4.69, 9.17) is 4.74 Å². The summed E-state index contributed by atoms with van der Waals surface area (Å²) in [4.78, 5) is 0. The summed E-state index contributed by atoms with van der Waals surface area (Å²) in [6, 6.07) is 11.1. The van der Waals surface area contributed by atoms with Gasteiger partial charge >= 0.3 is 0 Å². The number of ether oxygens (including phenoxy) is 1. The summed E-state index contributed by atoms with van der Waals surface area (Å²) in [5.41, 5.74) is 2.21. The molecule has 0 spiro atoms. The van der Waals surface area contributed by atoms with Crippen molar-refractivity contribution in [3.63, 3.8) is 0 Å². The molecule has 0 unspecified atom stereocenters. The van der Waals surface area contributed by atoms with Crippen LogP contribution in [0, 0.1) is 29.4 Å². The third-order valence-corrected chi connectivity index (χ3v) is 6.55. The van der Waals surface area contributed by atoms with E-state index in [9.17, 15) is 8.78 Å². The molecule has 0 amide bonds. The average molecular weight is 425 g/mol. The zero-order chi connectivity index (χ0) is 22.1. The van der Waals surface area contributed by atoms with Gasteiger partial charge < -0.3 is 4.74 Å². The van der Waals surface area contributed by atoms with Gasteiger partial charge in [0, 0.05) is 5.56 Å². The van der Waals surface area contributed by atoms with Crippen LogP contribution in [-0.4, -0.2) is 7.11 Å². The molecule has 2 aromatic carbocycles. The average Bonchev–Trinajstić information content (AvgIpc) is 2.81. The molecule has 1 nitrogen and oxygen atoms in total. The van der Waals surface area contributed by atoms with E-state index < -0.39 is 11.6 Å². The first-order valence-corrected chi connectivity index (χ1v) is 11.8. The van der Waals surface area contributed by atoms with Crippen molar-refractivity contribution in [2.24, 2.45) is 5.92 Å². The molecular formula is C28H34F2O. The molecule has 1 fully saturated rings. The fourth-order valence-corrected chi connectivity index (χ4v) is 4.59. The minimum Gasteiger partial charge on any atom is -0.494 e. The highest BCUT2D eigenvalue weighted by molar-refractivity contribution is 5.46. The summed E-state index contributed by atoms with van der Waals surface area (Å²) in [6.07, 6.45) is 13.5. The molecule has 1 saturated carbocycles. The molecule has 0 aliphatic heterocycles. The van der Waals surface area contributed by atoms with Gasteiger partial charge in [-0.3, -0.25) is 0 Å². The summed E-state index contributed by atoms with van der Waals surface area (Å²) in [5, 5.41) is 0. The van der Waals surface area contributed by atoms with Crippen molar-refractivity contribution in [1.29, 1.82) is 0 Å². The predicted molar refractivity (Wildman–Crippen MR) is 123 cm³/mol. The maximum absolute atomic E-state index is 14.1. The van der Waals surface area contributed by atoms with Gasteiger partial charge in [0.05, 0.1) is 12.7 Å². The maximum Gasteiger partial charge on any atom is 0.201 e. The first-order valence-electron chi connectivity index (χ1n) is 11.8. The number of hydrogen-bond acceptors (Lipinski definition) is 1. The van der Waals surface area contributed by atoms with Gasteiger partial charge in [0.1, 0.15) is 0 Å². The Morgan fingerprint density at radius 3 is 2.23 bits per heavy atom. The van der Waals surface area contributed by atoms with Gasteiger partial charge in [-0.15, -0.1) is 0 Å². The van der Waals surface area contributed by atoms with Crippen LogP contribution in [0.25, 0.3) is 0 Å². The normalized spacial score (nSPS) is 18.3. The molecule has 0 radical (unpaired) electrons. The Kier molecular flexibility index (Phi) is 8.95. The van der Waals surface area contributed by atoms with Crippen molar-refractivity contribution in [2.45, 2.75) is 77.0 Å². The largest absolute Gasteiger partial charge is 0.494 e. The fraction of sp³-hybridized carbons (Fsp3) is 0.500. The predicted octanol–water partition coefficient (Wildman–Crippen LogP) is 8.01. The van der Waals surface area contributed by atoms with Crippen LogP contribution in [0.3, 0.4) is 0 Å². The monoisotopic (exact) mass is 424 g/mol. The van der Waals surface area contributed by atoms with Crippen LogP contribution in [0.1, 0.15) is 93.7 Å². The second-order valence-electron chi connectivity index (χ2n) is 8.74. The van der Waals surface area contributed by atoms with Crippen LogP contribution >= 0.6 is 0 Å². The van der Waals surface area contributed by atoms with Crippen LogP contribution in [0.5, 0.6) is 5.75 Å². The molecule has 3 rings (SSSR count). The van der Waals surface area contributed by atoms with Gasteiger partial charge in [0.2, 0.25) is 5.82 Å². The van der Waals surface area contributed by atoms with E-state index in [-0.39, 0.29) is 11.3 Å². The Hall–Kier alpha value is -2.34. The lowest BCUT2D eigenvalue weighted by Crippen LogP contribution is -2.13. The number of rotatable bonds is 8. The SMILES string of the molecule is CCCCCCCC1CCC(c2ccc(C#Cc3ccc(OC)c(F)c3F)cc2)CC1. The number of halogens is 2. The van der Waals surface area contributed by atoms with E-state index in [0.29, 0.717) is 5.92 Å². The molecule has 0 bridgehead atoms. The van der Waals surface area contributed by atoms with E-state index in [1.54, 1.807) is 0 Å². The molecular weight excluding hydrogens is 390 g/mol. The number of benzene rings is 2. The zero-order valence-corrected chi connectivity index (χ0v) is 18.9. The zero-order valence-electron chi connectivity index (χ0n) is 18.9. The van der Waals surface area contributed by atoms with Crippen molar-refractivity contribution < 1.29 is 13.5 Å². The van der Waals surface area contributed by atoms with E-state index in [2.05, 4.69) is 30.9 Å². The summed E-state index contributed by atoms with van der Waals surface area (Å²) in [6.45, 7) is 2.27. The lowest BCUT2D eigenvalue weighted by molar-refractivity contribution is 0.302. The highest BCUT2D eigenvalue weighted by atomic mass is 19.2. The third-order valence-electron chi connectivity index (χ3n) is 6.55. The van der Waals surface area contributed by atoms with Crippen molar-refractivity contribution in [3.05, 3.63) is 64.7 Å². The molecule has 3 heteroatoms. The topological polar surface area (TPSA) is 9.23 Å². The van der Waals surface area contributed by atoms with Gasteiger partial charge in [-0.05, 0) is 67.3 Å². The minimum absolute atomic E-state index is 0.0374. The van der Waals surface area contributed by atoms with E-state index in [1.165, 1.54) is 89.0 Å². The first-order chi connectivity index (χ1) is 15.1. The molecule has 0 heterocycles. The quantitative estimate of drug-likeness (QED) is 0.308. The summed E-state index contributed by atoms with van der Waals surface area (Å²) in [5.74, 6) is 5.14. The van der Waals surface area contributed by atoms with Crippen molar-refractivity contribution in [2.75, 3.05) is 7.11 Å². The Labute approximate surface area is 186 Å². The Morgan fingerprint density at radius 2 is 1.55 bits per heavy atom. The first kappa shape index (κ1) is 23.3. The number of hydrogen-bond donors (Lipinski definition) is 0. The van der Waals surface area contributed by atoms with Crippen molar-refractivity contribution in [3.8, 4) is 17.6 Å². The van der Waals surface area contributed by atoms with Crippen LogP contribution in [0.4, 0.5) is 8.78 Å². The minimum atomic E-state index is -0.999. The van der Waals surface area contributed by atoms with E-state index >= 15 is 0 Å². The van der Waals surface area contributed by atoms with Crippen molar-refractivity contribution in [1.82, 2.24) is 0 Å². The van der Waals surface area contributed by atoms with Crippen LogP contribution < -0.4 is 4.74 Å².